The Morgan fingerprint density at radius 3 is 2.23 bits per heavy atom. The molecule has 162 valence electrons. The SMILES string of the molecule is C[C@H](Cc1ccc(CCC2CCC(c3ccc(Cl)c(F)c3)CC2)cc1)c1ccccc1. The van der Waals surface area contributed by atoms with Gasteiger partial charge in [-0.05, 0) is 97.1 Å². The molecule has 4 rings (SSSR count). The molecular weight excluding hydrogens is 403 g/mol. The molecule has 0 aliphatic heterocycles. The minimum Gasteiger partial charge on any atom is -0.205 e. The summed E-state index contributed by atoms with van der Waals surface area (Å²) in [4.78, 5) is 0. The van der Waals surface area contributed by atoms with Crippen molar-refractivity contribution in [2.24, 2.45) is 5.92 Å². The summed E-state index contributed by atoms with van der Waals surface area (Å²) in [6, 6.07) is 25.3. The molecule has 2 heteroatoms. The fraction of sp³-hybridized carbons (Fsp3) is 0.379. The molecular formula is C29H32ClF. The highest BCUT2D eigenvalue weighted by Gasteiger charge is 2.23. The average Bonchev–Trinajstić information content (AvgIpc) is 2.81. The van der Waals surface area contributed by atoms with E-state index in [2.05, 4.69) is 61.5 Å². The van der Waals surface area contributed by atoms with Crippen molar-refractivity contribution in [2.75, 3.05) is 0 Å². The summed E-state index contributed by atoms with van der Waals surface area (Å²) in [6.07, 6.45) is 8.27. The molecule has 1 aliphatic carbocycles. The molecule has 0 N–H and O–H groups in total. The lowest BCUT2D eigenvalue weighted by atomic mass is 9.77. The molecule has 0 saturated heterocycles. The van der Waals surface area contributed by atoms with Crippen LogP contribution in [0.3, 0.4) is 0 Å². The highest BCUT2D eigenvalue weighted by molar-refractivity contribution is 6.30. The van der Waals surface area contributed by atoms with Crippen molar-refractivity contribution in [1.82, 2.24) is 0 Å². The number of aryl methyl sites for hydroxylation is 1. The van der Waals surface area contributed by atoms with Crippen molar-refractivity contribution >= 4 is 11.6 Å². The third kappa shape index (κ3) is 5.98. The molecule has 0 radical (unpaired) electrons. The van der Waals surface area contributed by atoms with Gasteiger partial charge >= 0.3 is 0 Å². The molecule has 0 aromatic heterocycles. The molecule has 0 bridgehead atoms. The van der Waals surface area contributed by atoms with Gasteiger partial charge in [0, 0.05) is 0 Å². The van der Waals surface area contributed by atoms with Gasteiger partial charge in [-0.3, -0.25) is 0 Å². The van der Waals surface area contributed by atoms with Crippen LogP contribution >= 0.6 is 11.6 Å². The molecule has 1 aliphatic rings. The molecule has 1 fully saturated rings. The first-order valence-corrected chi connectivity index (χ1v) is 12.0. The van der Waals surface area contributed by atoms with E-state index >= 15 is 0 Å². The van der Waals surface area contributed by atoms with Gasteiger partial charge in [-0.15, -0.1) is 0 Å². The van der Waals surface area contributed by atoms with Gasteiger partial charge in [0.15, 0.2) is 0 Å². The van der Waals surface area contributed by atoms with Gasteiger partial charge in [-0.25, -0.2) is 4.39 Å². The molecule has 0 spiro atoms. The van der Waals surface area contributed by atoms with E-state index < -0.39 is 0 Å². The Morgan fingerprint density at radius 1 is 0.871 bits per heavy atom. The standard InChI is InChI=1S/C29H32ClF/c1-21(25-5-3-2-4-6-25)19-24-11-9-22(10-12-24)7-8-23-13-15-26(16-14-23)27-17-18-28(30)29(31)20-27/h2-6,9-12,17-18,20-21,23,26H,7-8,13-16,19H2,1H3/t21-,23?,26?/m1/s1. The van der Waals surface area contributed by atoms with E-state index in [4.69, 9.17) is 11.6 Å². The van der Waals surface area contributed by atoms with E-state index in [9.17, 15) is 4.39 Å². The van der Waals surface area contributed by atoms with Crippen LogP contribution < -0.4 is 0 Å². The summed E-state index contributed by atoms with van der Waals surface area (Å²) in [5, 5.41) is 0.220. The van der Waals surface area contributed by atoms with Crippen LogP contribution in [-0.2, 0) is 12.8 Å². The lowest BCUT2D eigenvalue weighted by Gasteiger charge is -2.29. The van der Waals surface area contributed by atoms with Crippen molar-refractivity contribution in [3.63, 3.8) is 0 Å². The van der Waals surface area contributed by atoms with Gasteiger partial charge in [0.1, 0.15) is 5.82 Å². The molecule has 1 atom stereocenters. The molecule has 3 aromatic rings. The van der Waals surface area contributed by atoms with Gasteiger partial charge in [-0.2, -0.15) is 0 Å². The Morgan fingerprint density at radius 2 is 1.55 bits per heavy atom. The molecule has 0 unspecified atom stereocenters. The van der Waals surface area contributed by atoms with Crippen molar-refractivity contribution in [1.29, 1.82) is 0 Å². The van der Waals surface area contributed by atoms with E-state index in [-0.39, 0.29) is 10.8 Å². The zero-order valence-electron chi connectivity index (χ0n) is 18.4. The van der Waals surface area contributed by atoms with Crippen LogP contribution in [0.2, 0.25) is 5.02 Å². The Kier molecular flexibility index (Phi) is 7.45. The maximum absolute atomic E-state index is 13.8. The van der Waals surface area contributed by atoms with E-state index in [1.807, 2.05) is 6.07 Å². The predicted octanol–water partition coefficient (Wildman–Crippen LogP) is 8.73. The summed E-state index contributed by atoms with van der Waals surface area (Å²) >= 11 is 5.83. The summed E-state index contributed by atoms with van der Waals surface area (Å²) in [5.74, 6) is 1.51. The first kappa shape index (κ1) is 22.1. The Bertz CT molecular complexity index is 956. The zero-order valence-corrected chi connectivity index (χ0v) is 19.1. The number of rotatable bonds is 7. The number of hydrogen-bond donors (Lipinski definition) is 0. The highest BCUT2D eigenvalue weighted by atomic mass is 35.5. The molecule has 0 amide bonds. The second kappa shape index (κ2) is 10.5. The largest absolute Gasteiger partial charge is 0.205 e. The normalized spacial score (nSPS) is 19.8. The molecule has 31 heavy (non-hydrogen) atoms. The molecule has 0 heterocycles. The third-order valence-electron chi connectivity index (χ3n) is 7.04. The minimum absolute atomic E-state index is 0.220. The second-order valence-electron chi connectivity index (χ2n) is 9.26. The minimum atomic E-state index is -0.289. The van der Waals surface area contributed by atoms with Crippen LogP contribution in [0, 0.1) is 11.7 Å². The smallest absolute Gasteiger partial charge is 0.142 e. The summed E-state index contributed by atoms with van der Waals surface area (Å²) in [6.45, 7) is 2.30. The molecule has 0 nitrogen and oxygen atoms in total. The van der Waals surface area contributed by atoms with Crippen LogP contribution in [0.4, 0.5) is 4.39 Å². The lowest BCUT2D eigenvalue weighted by Crippen LogP contribution is -2.14. The van der Waals surface area contributed by atoms with Crippen LogP contribution in [0.25, 0.3) is 0 Å². The van der Waals surface area contributed by atoms with Gasteiger partial charge in [0.2, 0.25) is 0 Å². The zero-order chi connectivity index (χ0) is 21.6. The van der Waals surface area contributed by atoms with E-state index in [0.29, 0.717) is 11.8 Å². The fourth-order valence-electron chi connectivity index (χ4n) is 5.02. The topological polar surface area (TPSA) is 0 Å². The molecule has 3 aromatic carbocycles. The van der Waals surface area contributed by atoms with Crippen molar-refractivity contribution < 1.29 is 4.39 Å². The fourth-order valence-corrected chi connectivity index (χ4v) is 5.13. The first-order valence-electron chi connectivity index (χ1n) is 11.7. The number of halogens is 2. The average molecular weight is 435 g/mol. The Hall–Kier alpha value is -2.12. The van der Waals surface area contributed by atoms with Gasteiger partial charge in [0.25, 0.3) is 0 Å². The summed E-state index contributed by atoms with van der Waals surface area (Å²) < 4.78 is 13.8. The predicted molar refractivity (Wildman–Crippen MR) is 129 cm³/mol. The van der Waals surface area contributed by atoms with Crippen LogP contribution in [-0.4, -0.2) is 0 Å². The van der Waals surface area contributed by atoms with Crippen molar-refractivity contribution in [3.8, 4) is 0 Å². The Balaban J connectivity index is 1.23. The van der Waals surface area contributed by atoms with Crippen LogP contribution in [0.1, 0.15) is 73.1 Å². The van der Waals surface area contributed by atoms with Crippen molar-refractivity contribution in [2.45, 2.75) is 63.7 Å². The summed E-state index contributed by atoms with van der Waals surface area (Å²) in [7, 11) is 0. The van der Waals surface area contributed by atoms with E-state index in [1.165, 1.54) is 36.0 Å². The number of hydrogen-bond acceptors (Lipinski definition) is 0. The van der Waals surface area contributed by atoms with Gasteiger partial charge in [0.05, 0.1) is 5.02 Å². The maximum atomic E-state index is 13.8. The van der Waals surface area contributed by atoms with Crippen molar-refractivity contribution in [3.05, 3.63) is 106 Å². The maximum Gasteiger partial charge on any atom is 0.142 e. The van der Waals surface area contributed by atoms with Gasteiger partial charge < -0.3 is 0 Å². The number of benzene rings is 3. The highest BCUT2D eigenvalue weighted by Crippen LogP contribution is 2.38. The second-order valence-corrected chi connectivity index (χ2v) is 9.67. The lowest BCUT2D eigenvalue weighted by molar-refractivity contribution is 0.310. The van der Waals surface area contributed by atoms with Crippen LogP contribution in [0.15, 0.2) is 72.8 Å². The van der Waals surface area contributed by atoms with Crippen LogP contribution in [0.5, 0.6) is 0 Å². The van der Waals surface area contributed by atoms with E-state index in [0.717, 1.165) is 37.2 Å². The molecule has 1 saturated carbocycles. The van der Waals surface area contributed by atoms with E-state index in [1.54, 1.807) is 12.1 Å². The van der Waals surface area contributed by atoms with Gasteiger partial charge in [-0.1, -0.05) is 79.2 Å². The Labute approximate surface area is 191 Å². The monoisotopic (exact) mass is 434 g/mol. The summed E-state index contributed by atoms with van der Waals surface area (Å²) in [5.41, 5.74) is 5.37. The third-order valence-corrected chi connectivity index (χ3v) is 7.34. The first-order chi connectivity index (χ1) is 15.1. The quantitative estimate of drug-likeness (QED) is 0.348.